The summed E-state index contributed by atoms with van der Waals surface area (Å²) >= 11 is 1.28. The quantitative estimate of drug-likeness (QED) is 0.720. The summed E-state index contributed by atoms with van der Waals surface area (Å²) in [7, 11) is 0. The van der Waals surface area contributed by atoms with Gasteiger partial charge in [-0.15, -0.1) is 11.3 Å². The Morgan fingerprint density at radius 1 is 1.08 bits per heavy atom. The number of Topliss-reactive ketones (excluding diaryl/α,β-unsaturated/α-hetero) is 1. The number of nitrogens with one attached hydrogen (secondary N) is 1. The fourth-order valence-corrected chi connectivity index (χ4v) is 3.20. The molecule has 2 heterocycles. The third-order valence-corrected chi connectivity index (χ3v) is 4.67. The molecular formula is C19H16N2O2S. The van der Waals surface area contributed by atoms with Crippen molar-refractivity contribution in [3.8, 4) is 0 Å². The number of benzene rings is 1. The first-order valence-corrected chi connectivity index (χ1v) is 8.38. The van der Waals surface area contributed by atoms with Crippen molar-refractivity contribution >= 4 is 23.0 Å². The molecule has 0 saturated carbocycles. The molecule has 2 aromatic heterocycles. The third-order valence-electron chi connectivity index (χ3n) is 3.63. The lowest BCUT2D eigenvalue weighted by molar-refractivity contribution is 0.0943. The maximum Gasteiger partial charge on any atom is 0.252 e. The number of ketones is 1. The fourth-order valence-electron chi connectivity index (χ4n) is 2.41. The van der Waals surface area contributed by atoms with E-state index in [0.717, 1.165) is 11.1 Å². The van der Waals surface area contributed by atoms with Gasteiger partial charge in [-0.2, -0.15) is 0 Å². The van der Waals surface area contributed by atoms with Gasteiger partial charge < -0.3 is 5.32 Å². The van der Waals surface area contributed by atoms with Crippen molar-refractivity contribution < 1.29 is 9.59 Å². The zero-order chi connectivity index (χ0) is 16.9. The van der Waals surface area contributed by atoms with Crippen molar-refractivity contribution in [3.05, 3.63) is 87.9 Å². The van der Waals surface area contributed by atoms with Gasteiger partial charge >= 0.3 is 0 Å². The monoisotopic (exact) mass is 336 g/mol. The molecule has 120 valence electrons. The predicted molar refractivity (Wildman–Crippen MR) is 94.3 cm³/mol. The lowest BCUT2D eigenvalue weighted by Gasteiger charge is -2.19. The third kappa shape index (κ3) is 3.58. The second-order valence-corrected chi connectivity index (χ2v) is 6.27. The van der Waals surface area contributed by atoms with Crippen molar-refractivity contribution in [2.45, 2.75) is 13.0 Å². The van der Waals surface area contributed by atoms with Gasteiger partial charge in [0.1, 0.15) is 0 Å². The summed E-state index contributed by atoms with van der Waals surface area (Å²) in [6.45, 7) is 1.50. The number of thiophene rings is 1. The van der Waals surface area contributed by atoms with Crippen molar-refractivity contribution in [1.29, 1.82) is 0 Å². The Bertz CT molecular complexity index is 805. The summed E-state index contributed by atoms with van der Waals surface area (Å²) in [4.78, 5) is 28.7. The second kappa shape index (κ2) is 7.19. The van der Waals surface area contributed by atoms with Crippen LogP contribution in [0.2, 0.25) is 0 Å². The van der Waals surface area contributed by atoms with Crippen LogP contribution in [-0.4, -0.2) is 16.7 Å². The molecule has 0 fully saturated rings. The van der Waals surface area contributed by atoms with Gasteiger partial charge in [-0.3, -0.25) is 14.6 Å². The summed E-state index contributed by atoms with van der Waals surface area (Å²) < 4.78 is 0. The smallest absolute Gasteiger partial charge is 0.252 e. The molecule has 3 aromatic rings. The minimum Gasteiger partial charge on any atom is -0.341 e. The summed E-state index contributed by atoms with van der Waals surface area (Å²) in [5.41, 5.74) is 2.37. The molecule has 3 rings (SSSR count). The molecule has 0 aliphatic heterocycles. The average molecular weight is 336 g/mol. The summed E-state index contributed by atoms with van der Waals surface area (Å²) in [5.74, 6) is -0.248. The molecule has 0 aliphatic rings. The first-order chi connectivity index (χ1) is 11.6. The standard InChI is InChI=1S/C19H16N2O2S/c1-13(22)17-10-16(12-24-17)19(23)21-18(14-6-3-2-4-7-14)15-8-5-9-20-11-15/h2-12,18H,1H3,(H,21,23). The Hall–Kier alpha value is -2.79. The second-order valence-electron chi connectivity index (χ2n) is 5.36. The van der Waals surface area contributed by atoms with Crippen LogP contribution in [0.5, 0.6) is 0 Å². The molecule has 5 heteroatoms. The van der Waals surface area contributed by atoms with E-state index in [9.17, 15) is 9.59 Å². The molecule has 0 radical (unpaired) electrons. The first kappa shape index (κ1) is 16.1. The van der Waals surface area contributed by atoms with E-state index in [1.807, 2.05) is 42.5 Å². The maximum absolute atomic E-state index is 12.6. The maximum atomic E-state index is 12.6. The molecule has 1 amide bonds. The number of carbonyl (C=O) groups is 2. The highest BCUT2D eigenvalue weighted by molar-refractivity contribution is 7.12. The highest BCUT2D eigenvalue weighted by Crippen LogP contribution is 2.23. The minimum atomic E-state index is -0.298. The van der Waals surface area contributed by atoms with Gasteiger partial charge in [0.15, 0.2) is 5.78 Å². The van der Waals surface area contributed by atoms with E-state index in [1.54, 1.807) is 23.8 Å². The van der Waals surface area contributed by atoms with Gasteiger partial charge in [-0.1, -0.05) is 36.4 Å². The SMILES string of the molecule is CC(=O)c1cc(C(=O)NC(c2ccccc2)c2cccnc2)cs1. The molecule has 0 aliphatic carbocycles. The van der Waals surface area contributed by atoms with Crippen LogP contribution >= 0.6 is 11.3 Å². The average Bonchev–Trinajstić information content (AvgIpc) is 3.11. The van der Waals surface area contributed by atoms with Gasteiger partial charge in [0, 0.05) is 17.8 Å². The normalized spacial score (nSPS) is 11.7. The molecule has 1 unspecified atom stereocenters. The van der Waals surface area contributed by atoms with E-state index < -0.39 is 0 Å². The predicted octanol–water partition coefficient (Wildman–Crippen LogP) is 3.87. The Kier molecular flexibility index (Phi) is 4.82. The lowest BCUT2D eigenvalue weighted by Crippen LogP contribution is -2.29. The molecule has 0 saturated heterocycles. The number of rotatable bonds is 5. The molecule has 0 bridgehead atoms. The van der Waals surface area contributed by atoms with E-state index in [0.29, 0.717) is 10.4 Å². The van der Waals surface area contributed by atoms with Crippen LogP contribution in [0.3, 0.4) is 0 Å². The van der Waals surface area contributed by atoms with Crippen molar-refractivity contribution in [2.75, 3.05) is 0 Å². The highest BCUT2D eigenvalue weighted by Gasteiger charge is 2.19. The Morgan fingerprint density at radius 2 is 1.83 bits per heavy atom. The Morgan fingerprint density at radius 3 is 2.46 bits per heavy atom. The first-order valence-electron chi connectivity index (χ1n) is 7.50. The summed E-state index contributed by atoms with van der Waals surface area (Å²) in [6, 6.07) is 14.8. The van der Waals surface area contributed by atoms with E-state index in [4.69, 9.17) is 0 Å². The van der Waals surface area contributed by atoms with E-state index in [1.165, 1.54) is 18.3 Å². The number of carbonyl (C=O) groups excluding carboxylic acids is 2. The molecule has 1 atom stereocenters. The molecular weight excluding hydrogens is 320 g/mol. The van der Waals surface area contributed by atoms with E-state index in [2.05, 4.69) is 10.3 Å². The van der Waals surface area contributed by atoms with Crippen LogP contribution < -0.4 is 5.32 Å². The summed E-state index contributed by atoms with van der Waals surface area (Å²) in [6.07, 6.45) is 3.44. The van der Waals surface area contributed by atoms with Crippen LogP contribution in [0.4, 0.5) is 0 Å². The molecule has 1 N–H and O–H groups in total. The number of amides is 1. The number of hydrogen-bond donors (Lipinski definition) is 1. The minimum absolute atomic E-state index is 0.0362. The van der Waals surface area contributed by atoms with Gasteiger partial charge in [0.05, 0.1) is 16.5 Å². The molecule has 0 spiro atoms. The van der Waals surface area contributed by atoms with Gasteiger partial charge in [-0.25, -0.2) is 0 Å². The number of hydrogen-bond acceptors (Lipinski definition) is 4. The largest absolute Gasteiger partial charge is 0.341 e. The van der Waals surface area contributed by atoms with Crippen LogP contribution in [0.25, 0.3) is 0 Å². The lowest BCUT2D eigenvalue weighted by atomic mass is 10.00. The zero-order valence-corrected chi connectivity index (χ0v) is 13.9. The topological polar surface area (TPSA) is 59.1 Å². The molecule has 1 aromatic carbocycles. The van der Waals surface area contributed by atoms with Gasteiger partial charge in [0.25, 0.3) is 5.91 Å². The number of pyridine rings is 1. The Labute approximate surface area is 144 Å². The highest BCUT2D eigenvalue weighted by atomic mass is 32.1. The zero-order valence-electron chi connectivity index (χ0n) is 13.1. The van der Waals surface area contributed by atoms with Crippen molar-refractivity contribution in [3.63, 3.8) is 0 Å². The van der Waals surface area contributed by atoms with Crippen LogP contribution in [-0.2, 0) is 0 Å². The number of nitrogens with zero attached hydrogens (tertiary/aromatic N) is 1. The van der Waals surface area contributed by atoms with E-state index in [-0.39, 0.29) is 17.7 Å². The van der Waals surface area contributed by atoms with Gasteiger partial charge in [0.2, 0.25) is 0 Å². The van der Waals surface area contributed by atoms with Crippen LogP contribution in [0.1, 0.15) is 44.1 Å². The van der Waals surface area contributed by atoms with Crippen molar-refractivity contribution in [2.24, 2.45) is 0 Å². The van der Waals surface area contributed by atoms with Gasteiger partial charge in [-0.05, 0) is 30.2 Å². The van der Waals surface area contributed by atoms with E-state index >= 15 is 0 Å². The van der Waals surface area contributed by atoms with Crippen molar-refractivity contribution in [1.82, 2.24) is 10.3 Å². The summed E-state index contributed by atoms with van der Waals surface area (Å²) in [5, 5.41) is 4.74. The molecule has 24 heavy (non-hydrogen) atoms. The number of aromatic nitrogens is 1. The van der Waals surface area contributed by atoms with Crippen LogP contribution in [0, 0.1) is 0 Å². The Balaban J connectivity index is 1.89. The molecule has 4 nitrogen and oxygen atoms in total. The van der Waals surface area contributed by atoms with Crippen LogP contribution in [0.15, 0.2) is 66.3 Å². The fraction of sp³-hybridized carbons (Fsp3) is 0.105.